The lowest BCUT2D eigenvalue weighted by Gasteiger charge is -2.23. The molecule has 0 unspecified atom stereocenters. The number of carbonyl (C=O) groups is 1. The summed E-state index contributed by atoms with van der Waals surface area (Å²) in [7, 11) is 0. The molecule has 0 bridgehead atoms. The van der Waals surface area contributed by atoms with E-state index in [0.717, 1.165) is 12.0 Å². The molecule has 0 aliphatic rings. The van der Waals surface area contributed by atoms with Gasteiger partial charge in [-0.2, -0.15) is 0 Å². The first-order valence-electron chi connectivity index (χ1n) is 8.23. The summed E-state index contributed by atoms with van der Waals surface area (Å²) in [6.45, 7) is 6.05. The summed E-state index contributed by atoms with van der Waals surface area (Å²) in [4.78, 5) is 12.5. The molecular weight excluding hydrogens is 322 g/mol. The lowest BCUT2D eigenvalue weighted by molar-refractivity contribution is -0.128. The molecular formula is C20H24ClNO2. The lowest BCUT2D eigenvalue weighted by atomic mass is 9.97. The van der Waals surface area contributed by atoms with Crippen molar-refractivity contribution in [1.82, 2.24) is 5.32 Å². The van der Waals surface area contributed by atoms with Crippen LogP contribution in [0, 0.1) is 5.92 Å². The number of rotatable bonds is 7. The van der Waals surface area contributed by atoms with Gasteiger partial charge in [0.2, 0.25) is 0 Å². The van der Waals surface area contributed by atoms with Crippen LogP contribution in [-0.4, -0.2) is 12.0 Å². The molecule has 0 fully saturated rings. The number of hydrogen-bond donors (Lipinski definition) is 1. The Kier molecular flexibility index (Phi) is 6.68. The van der Waals surface area contributed by atoms with Crippen LogP contribution in [0.3, 0.4) is 0 Å². The van der Waals surface area contributed by atoms with Gasteiger partial charge in [-0.25, -0.2) is 0 Å². The molecule has 0 radical (unpaired) electrons. The molecule has 0 aliphatic heterocycles. The van der Waals surface area contributed by atoms with Crippen LogP contribution >= 0.6 is 11.6 Å². The third-order valence-electron chi connectivity index (χ3n) is 3.72. The van der Waals surface area contributed by atoms with Crippen LogP contribution in [0.1, 0.15) is 38.8 Å². The predicted octanol–water partition coefficient (Wildman–Crippen LogP) is 5.01. The highest BCUT2D eigenvalue weighted by atomic mass is 35.5. The van der Waals surface area contributed by atoms with Crippen molar-refractivity contribution in [1.29, 1.82) is 0 Å². The standard InChI is InChI=1S/C20H24ClNO2/c1-14(2)13-19(16-7-5-4-6-8-16)22-20(23)15(3)24-18-11-9-17(21)10-12-18/h4-12,14-15,19H,13H2,1-3H3,(H,22,23)/t15-,19-/m1/s1. The Morgan fingerprint density at radius 3 is 2.25 bits per heavy atom. The van der Waals surface area contributed by atoms with Gasteiger partial charge in [-0.3, -0.25) is 4.79 Å². The number of hydrogen-bond acceptors (Lipinski definition) is 2. The largest absolute Gasteiger partial charge is 0.481 e. The van der Waals surface area contributed by atoms with Gasteiger partial charge >= 0.3 is 0 Å². The number of nitrogens with one attached hydrogen (secondary N) is 1. The van der Waals surface area contributed by atoms with Crippen LogP contribution in [0.4, 0.5) is 0 Å². The molecule has 0 saturated heterocycles. The van der Waals surface area contributed by atoms with Gasteiger partial charge in [-0.1, -0.05) is 55.8 Å². The minimum absolute atomic E-state index is 0.0185. The van der Waals surface area contributed by atoms with E-state index >= 15 is 0 Å². The van der Waals surface area contributed by atoms with Crippen molar-refractivity contribution in [3.63, 3.8) is 0 Å². The Hall–Kier alpha value is -2.00. The smallest absolute Gasteiger partial charge is 0.261 e. The predicted molar refractivity (Wildman–Crippen MR) is 98.3 cm³/mol. The molecule has 0 aliphatic carbocycles. The van der Waals surface area contributed by atoms with E-state index in [1.807, 2.05) is 30.3 Å². The molecule has 0 saturated carbocycles. The minimum Gasteiger partial charge on any atom is -0.481 e. The number of amides is 1. The minimum atomic E-state index is -0.579. The average Bonchev–Trinajstić information content (AvgIpc) is 2.56. The fourth-order valence-corrected chi connectivity index (χ4v) is 2.62. The first-order chi connectivity index (χ1) is 11.5. The van der Waals surface area contributed by atoms with Gasteiger partial charge in [0.1, 0.15) is 5.75 Å². The highest BCUT2D eigenvalue weighted by Crippen LogP contribution is 2.22. The highest BCUT2D eigenvalue weighted by molar-refractivity contribution is 6.30. The molecule has 2 rings (SSSR count). The quantitative estimate of drug-likeness (QED) is 0.765. The summed E-state index contributed by atoms with van der Waals surface area (Å²) in [5, 5.41) is 3.75. The first kappa shape index (κ1) is 18.3. The van der Waals surface area contributed by atoms with Gasteiger partial charge in [0, 0.05) is 5.02 Å². The van der Waals surface area contributed by atoms with Gasteiger partial charge in [0.15, 0.2) is 6.10 Å². The molecule has 2 aromatic carbocycles. The SMILES string of the molecule is CC(C)C[C@@H](NC(=O)[C@@H](C)Oc1ccc(Cl)cc1)c1ccccc1. The molecule has 0 spiro atoms. The van der Waals surface area contributed by atoms with Crippen LogP contribution in [0.25, 0.3) is 0 Å². The zero-order valence-electron chi connectivity index (χ0n) is 14.3. The maximum atomic E-state index is 12.5. The van der Waals surface area contributed by atoms with Crippen LogP contribution < -0.4 is 10.1 Å². The Morgan fingerprint density at radius 1 is 1.04 bits per heavy atom. The van der Waals surface area contributed by atoms with Crippen molar-refractivity contribution in [2.45, 2.75) is 39.3 Å². The van der Waals surface area contributed by atoms with E-state index in [0.29, 0.717) is 16.7 Å². The van der Waals surface area contributed by atoms with Crippen molar-refractivity contribution in [2.24, 2.45) is 5.92 Å². The van der Waals surface area contributed by atoms with Crippen LogP contribution in [0.2, 0.25) is 5.02 Å². The maximum Gasteiger partial charge on any atom is 0.261 e. The van der Waals surface area contributed by atoms with E-state index < -0.39 is 6.10 Å². The van der Waals surface area contributed by atoms with Crippen molar-refractivity contribution in [3.05, 3.63) is 65.2 Å². The second-order valence-electron chi connectivity index (χ2n) is 6.32. The van der Waals surface area contributed by atoms with Gasteiger partial charge < -0.3 is 10.1 Å². The molecule has 1 amide bonds. The van der Waals surface area contributed by atoms with Crippen molar-refractivity contribution < 1.29 is 9.53 Å². The van der Waals surface area contributed by atoms with Gasteiger partial charge in [-0.05, 0) is 49.1 Å². The normalized spacial score (nSPS) is 13.4. The Morgan fingerprint density at radius 2 is 1.67 bits per heavy atom. The fourth-order valence-electron chi connectivity index (χ4n) is 2.49. The summed E-state index contributed by atoms with van der Waals surface area (Å²) in [6, 6.07) is 17.0. The van der Waals surface area contributed by atoms with Gasteiger partial charge in [0.25, 0.3) is 5.91 Å². The maximum absolute atomic E-state index is 12.5. The van der Waals surface area contributed by atoms with E-state index in [9.17, 15) is 4.79 Å². The second-order valence-corrected chi connectivity index (χ2v) is 6.75. The van der Waals surface area contributed by atoms with E-state index in [1.54, 1.807) is 31.2 Å². The highest BCUT2D eigenvalue weighted by Gasteiger charge is 2.21. The summed E-state index contributed by atoms with van der Waals surface area (Å²) >= 11 is 5.86. The second kappa shape index (κ2) is 8.74. The average molecular weight is 346 g/mol. The number of benzene rings is 2. The Bertz CT molecular complexity index is 640. The topological polar surface area (TPSA) is 38.3 Å². The summed E-state index contributed by atoms with van der Waals surface area (Å²) < 4.78 is 5.70. The molecule has 0 aromatic heterocycles. The number of ether oxygens (including phenoxy) is 1. The van der Waals surface area contributed by atoms with Gasteiger partial charge in [0.05, 0.1) is 6.04 Å². The van der Waals surface area contributed by atoms with E-state index in [-0.39, 0.29) is 11.9 Å². The van der Waals surface area contributed by atoms with Crippen LogP contribution in [-0.2, 0) is 4.79 Å². The molecule has 128 valence electrons. The summed E-state index contributed by atoms with van der Waals surface area (Å²) in [5.41, 5.74) is 1.11. The lowest BCUT2D eigenvalue weighted by Crippen LogP contribution is -2.39. The molecule has 4 heteroatoms. The first-order valence-corrected chi connectivity index (χ1v) is 8.61. The third kappa shape index (κ3) is 5.57. The van der Waals surface area contributed by atoms with Crippen LogP contribution in [0.15, 0.2) is 54.6 Å². The monoisotopic (exact) mass is 345 g/mol. The molecule has 2 aromatic rings. The molecule has 24 heavy (non-hydrogen) atoms. The molecule has 2 atom stereocenters. The van der Waals surface area contributed by atoms with Crippen molar-refractivity contribution >= 4 is 17.5 Å². The third-order valence-corrected chi connectivity index (χ3v) is 3.97. The van der Waals surface area contributed by atoms with Crippen molar-refractivity contribution in [3.8, 4) is 5.75 Å². The molecule has 1 N–H and O–H groups in total. The zero-order valence-corrected chi connectivity index (χ0v) is 15.1. The number of carbonyl (C=O) groups excluding carboxylic acids is 1. The number of halogens is 1. The fraction of sp³-hybridized carbons (Fsp3) is 0.350. The molecule has 0 heterocycles. The van der Waals surface area contributed by atoms with E-state index in [4.69, 9.17) is 16.3 Å². The molecule has 3 nitrogen and oxygen atoms in total. The zero-order chi connectivity index (χ0) is 17.5. The van der Waals surface area contributed by atoms with Gasteiger partial charge in [-0.15, -0.1) is 0 Å². The van der Waals surface area contributed by atoms with Crippen LogP contribution in [0.5, 0.6) is 5.75 Å². The summed E-state index contributed by atoms with van der Waals surface area (Å²) in [6.07, 6.45) is 0.299. The Balaban J connectivity index is 2.02. The van der Waals surface area contributed by atoms with E-state index in [2.05, 4.69) is 19.2 Å². The van der Waals surface area contributed by atoms with E-state index in [1.165, 1.54) is 0 Å². The summed E-state index contributed by atoms with van der Waals surface area (Å²) in [5.74, 6) is 0.976. The van der Waals surface area contributed by atoms with Crippen molar-refractivity contribution in [2.75, 3.05) is 0 Å². The Labute approximate surface area is 149 Å².